The Morgan fingerprint density at radius 2 is 1.87 bits per heavy atom. The van der Waals surface area contributed by atoms with E-state index < -0.39 is 0 Å². The van der Waals surface area contributed by atoms with Gasteiger partial charge in [-0.05, 0) is 48.1 Å². The largest absolute Gasteiger partial charge is 0.493 e. The predicted octanol–water partition coefficient (Wildman–Crippen LogP) is 4.49. The molecule has 1 aromatic heterocycles. The van der Waals surface area contributed by atoms with Crippen LogP contribution in [0.4, 0.5) is 5.00 Å². The third kappa shape index (κ3) is 6.65. The van der Waals surface area contributed by atoms with Crippen LogP contribution < -0.4 is 25.0 Å². The van der Waals surface area contributed by atoms with E-state index in [1.54, 1.807) is 14.2 Å². The van der Waals surface area contributed by atoms with Crippen LogP contribution in [-0.2, 0) is 5.41 Å². The van der Waals surface area contributed by atoms with Crippen molar-refractivity contribution < 1.29 is 9.47 Å². The number of ether oxygens (including phenoxy) is 2. The summed E-state index contributed by atoms with van der Waals surface area (Å²) in [5.41, 5.74) is 1.09. The smallest absolute Gasteiger partial charge is 0.191 e. The summed E-state index contributed by atoms with van der Waals surface area (Å²) < 4.78 is 10.8. The fourth-order valence-corrected chi connectivity index (χ4v) is 4.53. The van der Waals surface area contributed by atoms with Crippen molar-refractivity contribution in [3.05, 3.63) is 41.3 Å². The lowest BCUT2D eigenvalue weighted by Gasteiger charge is -2.34. The van der Waals surface area contributed by atoms with Crippen molar-refractivity contribution in [3.63, 3.8) is 0 Å². The molecule has 31 heavy (non-hydrogen) atoms. The number of thiophene rings is 1. The zero-order chi connectivity index (χ0) is 21.6. The minimum Gasteiger partial charge on any atom is -0.493 e. The molecule has 3 rings (SSSR count). The number of halogens is 1. The number of piperidine rings is 1. The van der Waals surface area contributed by atoms with Crippen molar-refractivity contribution in [1.29, 1.82) is 0 Å². The van der Waals surface area contributed by atoms with Crippen LogP contribution in [0.15, 0.2) is 40.7 Å². The van der Waals surface area contributed by atoms with E-state index >= 15 is 0 Å². The number of guanidine groups is 1. The van der Waals surface area contributed by atoms with Gasteiger partial charge < -0.3 is 25.0 Å². The Morgan fingerprint density at radius 3 is 2.45 bits per heavy atom. The van der Waals surface area contributed by atoms with Gasteiger partial charge in [0.1, 0.15) is 0 Å². The zero-order valence-electron chi connectivity index (χ0n) is 19.1. The maximum atomic E-state index is 5.47. The Hall–Kier alpha value is -1.68. The molecule has 0 radical (unpaired) electrons. The molecule has 0 saturated carbocycles. The van der Waals surface area contributed by atoms with Gasteiger partial charge >= 0.3 is 0 Å². The number of nitrogens with one attached hydrogen (secondary N) is 2. The molecule has 1 aliphatic rings. The summed E-state index contributed by atoms with van der Waals surface area (Å²) in [4.78, 5) is 6.92. The van der Waals surface area contributed by atoms with Crippen LogP contribution >= 0.6 is 35.3 Å². The monoisotopic (exact) mass is 558 g/mol. The average Bonchev–Trinajstić information content (AvgIpc) is 3.31. The van der Waals surface area contributed by atoms with Crippen molar-refractivity contribution in [2.45, 2.75) is 38.1 Å². The summed E-state index contributed by atoms with van der Waals surface area (Å²) in [7, 11) is 5.16. The summed E-state index contributed by atoms with van der Waals surface area (Å²) in [5, 5.41) is 10.6. The third-order valence-corrected chi connectivity index (χ3v) is 6.67. The number of methoxy groups -OCH3 is 2. The Labute approximate surface area is 207 Å². The normalized spacial score (nSPS) is 15.3. The molecule has 0 amide bonds. The molecule has 6 nitrogen and oxygen atoms in total. The van der Waals surface area contributed by atoms with Gasteiger partial charge in [0.2, 0.25) is 0 Å². The second-order valence-electron chi connectivity index (χ2n) is 8.24. The molecule has 1 aromatic carbocycles. The van der Waals surface area contributed by atoms with Gasteiger partial charge in [-0.25, -0.2) is 0 Å². The highest BCUT2D eigenvalue weighted by molar-refractivity contribution is 14.0. The van der Waals surface area contributed by atoms with Gasteiger partial charge in [0.25, 0.3) is 0 Å². The fraction of sp³-hybridized carbons (Fsp3) is 0.522. The van der Waals surface area contributed by atoms with Crippen molar-refractivity contribution >= 4 is 46.3 Å². The number of hydrogen-bond donors (Lipinski definition) is 2. The fourth-order valence-electron chi connectivity index (χ4n) is 3.75. The Kier molecular flexibility index (Phi) is 9.74. The van der Waals surface area contributed by atoms with Gasteiger partial charge in [-0.15, -0.1) is 35.3 Å². The van der Waals surface area contributed by atoms with Crippen molar-refractivity contribution in [3.8, 4) is 11.5 Å². The minimum atomic E-state index is -0.0975. The highest BCUT2D eigenvalue weighted by atomic mass is 127. The summed E-state index contributed by atoms with van der Waals surface area (Å²) in [6.45, 7) is 7.34. The number of anilines is 1. The van der Waals surface area contributed by atoms with Crippen LogP contribution in [-0.4, -0.2) is 52.9 Å². The van der Waals surface area contributed by atoms with Crippen LogP contribution in [0.1, 0.15) is 32.3 Å². The molecular weight excluding hydrogens is 523 g/mol. The average molecular weight is 559 g/mol. The summed E-state index contributed by atoms with van der Waals surface area (Å²) in [6.07, 6.45) is 2.22. The van der Waals surface area contributed by atoms with Gasteiger partial charge in [-0.1, -0.05) is 19.9 Å². The lowest BCUT2D eigenvalue weighted by atomic mass is 9.84. The number of rotatable bonds is 7. The Morgan fingerprint density at radius 1 is 1.16 bits per heavy atom. The molecule has 1 fully saturated rings. The van der Waals surface area contributed by atoms with E-state index in [0.717, 1.165) is 49.9 Å². The molecule has 0 aliphatic carbocycles. The lowest BCUT2D eigenvalue weighted by Crippen LogP contribution is -2.50. The lowest BCUT2D eigenvalue weighted by molar-refractivity contribution is 0.353. The van der Waals surface area contributed by atoms with Crippen LogP contribution in [0.2, 0.25) is 0 Å². The molecule has 8 heteroatoms. The standard InChI is InChI=1S/C23H34N4O2S.HI/c1-23(2,17-8-9-19(28-4)20(15-17)29-5)16-25-22(24-3)26-18-10-12-27(13-11-18)21-7-6-14-30-21;/h6-9,14-15,18H,10-13,16H2,1-5H3,(H2,24,25,26);1H. The summed E-state index contributed by atoms with van der Waals surface area (Å²) in [6, 6.07) is 10.9. The third-order valence-electron chi connectivity index (χ3n) is 5.74. The van der Waals surface area contributed by atoms with Crippen LogP contribution in [0.25, 0.3) is 0 Å². The highest BCUT2D eigenvalue weighted by Gasteiger charge is 2.24. The van der Waals surface area contributed by atoms with E-state index in [-0.39, 0.29) is 29.4 Å². The SMILES string of the molecule is CN=C(NCC(C)(C)c1ccc(OC)c(OC)c1)NC1CCN(c2cccs2)CC1.I. The number of hydrogen-bond acceptors (Lipinski definition) is 5. The Balaban J connectivity index is 0.00000341. The summed E-state index contributed by atoms with van der Waals surface area (Å²) in [5.74, 6) is 2.36. The van der Waals surface area contributed by atoms with Crippen LogP contribution in [0.3, 0.4) is 0 Å². The quantitative estimate of drug-likeness (QED) is 0.298. The van der Waals surface area contributed by atoms with E-state index in [4.69, 9.17) is 9.47 Å². The summed E-state index contributed by atoms with van der Waals surface area (Å²) >= 11 is 1.82. The second-order valence-corrected chi connectivity index (χ2v) is 9.16. The van der Waals surface area contributed by atoms with Gasteiger partial charge in [0.05, 0.1) is 19.2 Å². The highest BCUT2D eigenvalue weighted by Crippen LogP contribution is 2.33. The minimum absolute atomic E-state index is 0. The molecule has 1 aliphatic heterocycles. The molecule has 2 aromatic rings. The van der Waals surface area contributed by atoms with Crippen LogP contribution in [0, 0.1) is 0 Å². The molecule has 2 heterocycles. The molecule has 0 bridgehead atoms. The van der Waals surface area contributed by atoms with E-state index in [1.807, 2.05) is 24.5 Å². The Bertz CT molecular complexity index is 834. The number of nitrogens with zero attached hydrogens (tertiary/aromatic N) is 2. The molecule has 1 saturated heterocycles. The molecule has 2 N–H and O–H groups in total. The first kappa shape index (κ1) is 25.6. The van der Waals surface area contributed by atoms with Crippen molar-refractivity contribution in [2.75, 3.05) is 45.8 Å². The zero-order valence-corrected chi connectivity index (χ0v) is 22.3. The van der Waals surface area contributed by atoms with Gasteiger partial charge in [0.15, 0.2) is 17.5 Å². The van der Waals surface area contributed by atoms with E-state index in [1.165, 1.54) is 10.6 Å². The second kappa shape index (κ2) is 11.8. The van der Waals surface area contributed by atoms with Crippen LogP contribution in [0.5, 0.6) is 11.5 Å². The topological polar surface area (TPSA) is 58.1 Å². The first-order valence-electron chi connectivity index (χ1n) is 10.4. The first-order chi connectivity index (χ1) is 14.5. The molecule has 172 valence electrons. The van der Waals surface area contributed by atoms with Gasteiger partial charge in [-0.3, -0.25) is 4.99 Å². The van der Waals surface area contributed by atoms with Gasteiger partial charge in [0, 0.05) is 38.1 Å². The molecule has 0 atom stereocenters. The maximum Gasteiger partial charge on any atom is 0.191 e. The predicted molar refractivity (Wildman–Crippen MR) is 142 cm³/mol. The molecule has 0 unspecified atom stereocenters. The van der Waals surface area contributed by atoms with Gasteiger partial charge in [-0.2, -0.15) is 0 Å². The molecular formula is C23H35IN4O2S. The van der Waals surface area contributed by atoms with Crippen molar-refractivity contribution in [1.82, 2.24) is 10.6 Å². The molecule has 0 spiro atoms. The number of aliphatic imine (C=N–C) groups is 1. The van der Waals surface area contributed by atoms with E-state index in [0.29, 0.717) is 6.04 Å². The number of benzene rings is 1. The van der Waals surface area contributed by atoms with E-state index in [2.05, 4.69) is 64.0 Å². The van der Waals surface area contributed by atoms with E-state index in [9.17, 15) is 0 Å². The maximum absolute atomic E-state index is 5.47. The van der Waals surface area contributed by atoms with Crippen molar-refractivity contribution in [2.24, 2.45) is 4.99 Å². The first-order valence-corrected chi connectivity index (χ1v) is 11.3.